The Kier molecular flexibility index (Phi) is 7.49. The van der Waals surface area contributed by atoms with E-state index in [0.717, 1.165) is 48.2 Å². The fourth-order valence-corrected chi connectivity index (χ4v) is 3.45. The van der Waals surface area contributed by atoms with E-state index >= 15 is 0 Å². The third-order valence-electron chi connectivity index (χ3n) is 5.13. The Morgan fingerprint density at radius 2 is 1.32 bits per heavy atom. The van der Waals surface area contributed by atoms with E-state index in [-0.39, 0.29) is 0 Å². The van der Waals surface area contributed by atoms with Crippen molar-refractivity contribution >= 4 is 5.97 Å². The predicted octanol–water partition coefficient (Wildman–Crippen LogP) is 4.38. The molecule has 3 aromatic rings. The van der Waals surface area contributed by atoms with E-state index in [1.807, 2.05) is 42.5 Å². The largest absolute Gasteiger partial charge is 0.493 e. The number of benzene rings is 2. The number of pyridine rings is 1. The quantitative estimate of drug-likeness (QED) is 0.524. The number of methoxy groups -OCH3 is 3. The normalized spacial score (nSPS) is 10.5. The topological polar surface area (TPSA) is 77.9 Å². The molecule has 0 spiro atoms. The van der Waals surface area contributed by atoms with Crippen LogP contribution in [0.15, 0.2) is 54.6 Å². The van der Waals surface area contributed by atoms with Crippen molar-refractivity contribution < 1.29 is 24.1 Å². The number of hydrogen-bond acceptors (Lipinski definition) is 5. The molecule has 1 N–H and O–H groups in total. The fourth-order valence-electron chi connectivity index (χ4n) is 3.45. The maximum atomic E-state index is 11.0. The van der Waals surface area contributed by atoms with Gasteiger partial charge >= 0.3 is 5.97 Å². The van der Waals surface area contributed by atoms with Crippen LogP contribution in [0, 0.1) is 0 Å². The van der Waals surface area contributed by atoms with Crippen molar-refractivity contribution in [3.8, 4) is 17.2 Å². The van der Waals surface area contributed by atoms with Gasteiger partial charge in [0.25, 0.3) is 0 Å². The zero-order valence-electron chi connectivity index (χ0n) is 18.1. The minimum atomic E-state index is -0.909. The van der Waals surface area contributed by atoms with Crippen LogP contribution in [0.25, 0.3) is 0 Å². The molecule has 0 saturated heterocycles. The van der Waals surface area contributed by atoms with Gasteiger partial charge in [0.15, 0.2) is 11.5 Å². The number of rotatable bonds is 10. The number of nitrogens with zero attached hydrogens (tertiary/aromatic N) is 1. The van der Waals surface area contributed by atoms with Gasteiger partial charge in [-0.15, -0.1) is 0 Å². The van der Waals surface area contributed by atoms with E-state index in [2.05, 4.69) is 0 Å². The SMILES string of the molecule is COc1cc(CCc2cccc(CCc3ccc(C(=O)O)cc3)n2)cc(OC)c1OC. The van der Waals surface area contributed by atoms with Gasteiger partial charge in [-0.1, -0.05) is 18.2 Å². The van der Waals surface area contributed by atoms with E-state index in [9.17, 15) is 4.79 Å². The van der Waals surface area contributed by atoms with Gasteiger partial charge in [-0.25, -0.2) is 4.79 Å². The fraction of sp³-hybridized carbons (Fsp3) is 0.280. The lowest BCUT2D eigenvalue weighted by molar-refractivity contribution is 0.0697. The molecule has 6 nitrogen and oxygen atoms in total. The number of aryl methyl sites for hydroxylation is 4. The number of aromatic nitrogens is 1. The van der Waals surface area contributed by atoms with E-state index in [1.165, 1.54) is 0 Å². The van der Waals surface area contributed by atoms with Gasteiger partial charge in [0.1, 0.15) is 0 Å². The molecule has 31 heavy (non-hydrogen) atoms. The summed E-state index contributed by atoms with van der Waals surface area (Å²) in [5.74, 6) is 0.971. The molecule has 6 heteroatoms. The summed E-state index contributed by atoms with van der Waals surface area (Å²) in [6.07, 6.45) is 3.19. The molecule has 1 aromatic heterocycles. The van der Waals surface area contributed by atoms with Crippen LogP contribution >= 0.6 is 0 Å². The third kappa shape index (κ3) is 5.75. The highest BCUT2D eigenvalue weighted by Gasteiger charge is 2.13. The number of aromatic carboxylic acids is 1. The van der Waals surface area contributed by atoms with E-state index in [0.29, 0.717) is 22.8 Å². The van der Waals surface area contributed by atoms with Gasteiger partial charge in [0.05, 0.1) is 26.9 Å². The molecule has 1 heterocycles. The molecular formula is C25H27NO5. The van der Waals surface area contributed by atoms with Crippen molar-refractivity contribution in [1.82, 2.24) is 4.98 Å². The Bertz CT molecular complexity index is 1010. The maximum absolute atomic E-state index is 11.0. The zero-order chi connectivity index (χ0) is 22.2. The Morgan fingerprint density at radius 3 is 1.81 bits per heavy atom. The van der Waals surface area contributed by atoms with Crippen molar-refractivity contribution in [3.05, 3.63) is 82.7 Å². The first kappa shape index (κ1) is 22.2. The van der Waals surface area contributed by atoms with Gasteiger partial charge in [-0.2, -0.15) is 0 Å². The van der Waals surface area contributed by atoms with E-state index in [1.54, 1.807) is 33.5 Å². The molecule has 162 valence electrons. The molecule has 0 unspecified atom stereocenters. The number of carboxylic acid groups (broad SMARTS) is 1. The summed E-state index contributed by atoms with van der Waals surface area (Å²) >= 11 is 0. The minimum Gasteiger partial charge on any atom is -0.493 e. The Balaban J connectivity index is 1.63. The van der Waals surface area contributed by atoms with Crippen LogP contribution in [0.5, 0.6) is 17.2 Å². The lowest BCUT2D eigenvalue weighted by Crippen LogP contribution is -2.01. The van der Waals surface area contributed by atoms with Crippen molar-refractivity contribution in [2.75, 3.05) is 21.3 Å². The minimum absolute atomic E-state index is 0.302. The summed E-state index contributed by atoms with van der Waals surface area (Å²) in [5, 5.41) is 9.00. The smallest absolute Gasteiger partial charge is 0.335 e. The highest BCUT2D eigenvalue weighted by atomic mass is 16.5. The van der Waals surface area contributed by atoms with Crippen LogP contribution in [0.4, 0.5) is 0 Å². The summed E-state index contributed by atoms with van der Waals surface area (Å²) in [4.78, 5) is 15.8. The standard InChI is InChI=1S/C25H27NO5/c1-29-22-15-18(16-23(30-2)24(22)31-3)10-14-21-6-4-5-20(26-21)13-9-17-7-11-19(12-8-17)25(27)28/h4-8,11-12,15-16H,9-10,13-14H2,1-3H3,(H,27,28). The summed E-state index contributed by atoms with van der Waals surface area (Å²) < 4.78 is 16.2. The number of hydrogen-bond donors (Lipinski definition) is 1. The van der Waals surface area contributed by atoms with Gasteiger partial charge in [-0.05, 0) is 73.2 Å². The molecule has 0 aliphatic rings. The number of carbonyl (C=O) groups is 1. The second-order valence-corrected chi connectivity index (χ2v) is 7.16. The average molecular weight is 421 g/mol. The molecule has 0 radical (unpaired) electrons. The number of ether oxygens (including phenoxy) is 3. The third-order valence-corrected chi connectivity index (χ3v) is 5.13. The first-order chi connectivity index (χ1) is 15.0. The second-order valence-electron chi connectivity index (χ2n) is 7.16. The van der Waals surface area contributed by atoms with Crippen molar-refractivity contribution in [3.63, 3.8) is 0 Å². The predicted molar refractivity (Wildman–Crippen MR) is 119 cm³/mol. The maximum Gasteiger partial charge on any atom is 0.335 e. The first-order valence-electron chi connectivity index (χ1n) is 10.1. The summed E-state index contributed by atoms with van der Waals surface area (Å²) in [6.45, 7) is 0. The van der Waals surface area contributed by atoms with Gasteiger partial charge in [0.2, 0.25) is 5.75 Å². The highest BCUT2D eigenvalue weighted by Crippen LogP contribution is 2.38. The molecule has 0 saturated carbocycles. The van der Waals surface area contributed by atoms with Crippen LogP contribution in [-0.2, 0) is 25.7 Å². The van der Waals surface area contributed by atoms with Crippen molar-refractivity contribution in [2.45, 2.75) is 25.7 Å². The Morgan fingerprint density at radius 1 is 0.774 bits per heavy atom. The van der Waals surface area contributed by atoms with Crippen LogP contribution < -0.4 is 14.2 Å². The molecule has 0 amide bonds. The zero-order valence-corrected chi connectivity index (χ0v) is 18.1. The summed E-state index contributed by atoms with van der Waals surface area (Å²) in [5.41, 5.74) is 4.52. The highest BCUT2D eigenvalue weighted by molar-refractivity contribution is 5.87. The Labute approximate surface area is 182 Å². The Hall–Kier alpha value is -3.54. The van der Waals surface area contributed by atoms with Gasteiger partial charge in [-0.3, -0.25) is 4.98 Å². The molecular weight excluding hydrogens is 394 g/mol. The van der Waals surface area contributed by atoms with E-state index in [4.69, 9.17) is 24.3 Å². The lowest BCUT2D eigenvalue weighted by atomic mass is 10.0. The average Bonchev–Trinajstić information content (AvgIpc) is 2.81. The summed E-state index contributed by atoms with van der Waals surface area (Å²) in [7, 11) is 4.82. The monoisotopic (exact) mass is 421 g/mol. The van der Waals surface area contributed by atoms with Crippen molar-refractivity contribution in [1.29, 1.82) is 0 Å². The second kappa shape index (κ2) is 10.5. The van der Waals surface area contributed by atoms with Crippen LogP contribution in [0.2, 0.25) is 0 Å². The molecule has 0 bridgehead atoms. The molecule has 0 aliphatic heterocycles. The molecule has 0 atom stereocenters. The number of carboxylic acids is 1. The van der Waals surface area contributed by atoms with Crippen LogP contribution in [-0.4, -0.2) is 37.4 Å². The van der Waals surface area contributed by atoms with Crippen molar-refractivity contribution in [2.24, 2.45) is 0 Å². The van der Waals surface area contributed by atoms with Crippen LogP contribution in [0.3, 0.4) is 0 Å². The van der Waals surface area contributed by atoms with Gasteiger partial charge < -0.3 is 19.3 Å². The molecule has 3 rings (SSSR count). The first-order valence-corrected chi connectivity index (χ1v) is 10.1. The van der Waals surface area contributed by atoms with Gasteiger partial charge in [0, 0.05) is 11.4 Å². The van der Waals surface area contributed by atoms with E-state index < -0.39 is 5.97 Å². The van der Waals surface area contributed by atoms with Crippen LogP contribution in [0.1, 0.15) is 32.9 Å². The lowest BCUT2D eigenvalue weighted by Gasteiger charge is -2.14. The molecule has 0 fully saturated rings. The molecule has 0 aliphatic carbocycles. The summed E-state index contributed by atoms with van der Waals surface area (Å²) in [6, 6.07) is 17.0. The molecule has 2 aromatic carbocycles.